The minimum Gasteiger partial charge on any atom is -0.368 e. The highest BCUT2D eigenvalue weighted by Gasteiger charge is 2.30. The first-order valence-electron chi connectivity index (χ1n) is 8.13. The molecule has 1 saturated carbocycles. The summed E-state index contributed by atoms with van der Waals surface area (Å²) in [6.07, 6.45) is 7.86. The van der Waals surface area contributed by atoms with Gasteiger partial charge in [-0.2, -0.15) is 0 Å². The summed E-state index contributed by atoms with van der Waals surface area (Å²) in [5, 5.41) is 0. The minimum absolute atomic E-state index is 0.0795. The van der Waals surface area contributed by atoms with Gasteiger partial charge in [-0.25, -0.2) is 0 Å². The van der Waals surface area contributed by atoms with Crippen LogP contribution in [-0.2, 0) is 4.74 Å². The molecule has 1 aromatic rings. The van der Waals surface area contributed by atoms with E-state index in [0.717, 1.165) is 12.3 Å². The van der Waals surface area contributed by atoms with E-state index < -0.39 is 0 Å². The van der Waals surface area contributed by atoms with Crippen molar-refractivity contribution in [3.8, 4) is 0 Å². The summed E-state index contributed by atoms with van der Waals surface area (Å²) in [5.74, 6) is 0.719. The molecule has 0 aliphatic heterocycles. The van der Waals surface area contributed by atoms with Crippen LogP contribution >= 0.6 is 11.3 Å². The molecule has 0 amide bonds. The van der Waals surface area contributed by atoms with Crippen molar-refractivity contribution < 1.29 is 4.74 Å². The molecule has 1 aliphatic rings. The van der Waals surface area contributed by atoms with E-state index in [1.165, 1.54) is 41.9 Å². The van der Waals surface area contributed by atoms with Gasteiger partial charge in [0.1, 0.15) is 6.10 Å². The maximum atomic E-state index is 6.53. The molecule has 2 nitrogen and oxygen atoms in total. The van der Waals surface area contributed by atoms with Gasteiger partial charge in [-0.15, -0.1) is 11.3 Å². The molecule has 0 radical (unpaired) electrons. The van der Waals surface area contributed by atoms with Crippen LogP contribution in [0.4, 0.5) is 0 Å². The zero-order chi connectivity index (χ0) is 14.5. The molecule has 0 spiro atoms. The molecule has 0 bridgehead atoms. The molecule has 3 heteroatoms. The topological polar surface area (TPSA) is 35.2 Å². The van der Waals surface area contributed by atoms with Crippen LogP contribution in [0, 0.1) is 12.8 Å². The van der Waals surface area contributed by atoms with Crippen LogP contribution in [0.5, 0.6) is 0 Å². The van der Waals surface area contributed by atoms with Gasteiger partial charge in [0, 0.05) is 15.8 Å². The Kier molecular flexibility index (Phi) is 6.06. The van der Waals surface area contributed by atoms with E-state index in [-0.39, 0.29) is 12.1 Å². The predicted molar refractivity (Wildman–Crippen MR) is 87.2 cm³/mol. The number of nitrogens with two attached hydrogens (primary N) is 1. The van der Waals surface area contributed by atoms with Gasteiger partial charge in [-0.1, -0.05) is 33.1 Å². The van der Waals surface area contributed by atoms with E-state index in [4.69, 9.17) is 10.5 Å². The molecular weight excluding hydrogens is 266 g/mol. The highest BCUT2D eigenvalue weighted by Crippen LogP contribution is 2.36. The maximum Gasteiger partial charge on any atom is 0.107 e. The Bertz CT molecular complexity index is 403. The van der Waals surface area contributed by atoms with Crippen LogP contribution in [0.25, 0.3) is 0 Å². The molecular formula is C17H29NOS. The van der Waals surface area contributed by atoms with E-state index in [0.29, 0.717) is 6.10 Å². The fourth-order valence-corrected chi connectivity index (χ4v) is 4.20. The van der Waals surface area contributed by atoms with Crippen molar-refractivity contribution in [1.82, 2.24) is 0 Å². The van der Waals surface area contributed by atoms with E-state index in [9.17, 15) is 0 Å². The summed E-state index contributed by atoms with van der Waals surface area (Å²) >= 11 is 1.83. The first-order chi connectivity index (χ1) is 9.65. The second kappa shape index (κ2) is 7.58. The third-order valence-corrected chi connectivity index (χ3v) is 5.65. The van der Waals surface area contributed by atoms with Crippen LogP contribution in [-0.4, -0.2) is 12.1 Å². The van der Waals surface area contributed by atoms with Crippen molar-refractivity contribution in [3.05, 3.63) is 21.9 Å². The Morgan fingerprint density at radius 2 is 2.05 bits per heavy atom. The van der Waals surface area contributed by atoms with Crippen molar-refractivity contribution >= 4 is 11.3 Å². The summed E-state index contributed by atoms with van der Waals surface area (Å²) < 4.78 is 6.53. The lowest BCUT2D eigenvalue weighted by atomic mass is 9.84. The molecule has 2 N–H and O–H groups in total. The Balaban J connectivity index is 2.11. The summed E-state index contributed by atoms with van der Waals surface area (Å²) in [5.41, 5.74) is 6.34. The largest absolute Gasteiger partial charge is 0.368 e. The fraction of sp³-hybridized carbons (Fsp3) is 0.765. The summed E-state index contributed by atoms with van der Waals surface area (Å²) in [6, 6.07) is 4.48. The number of ether oxygens (including phenoxy) is 1. The highest BCUT2D eigenvalue weighted by atomic mass is 32.1. The molecule has 1 fully saturated rings. The molecule has 0 aromatic carbocycles. The maximum absolute atomic E-state index is 6.53. The third-order valence-electron chi connectivity index (χ3n) is 4.59. The molecule has 20 heavy (non-hydrogen) atoms. The van der Waals surface area contributed by atoms with Gasteiger partial charge in [0.05, 0.1) is 6.10 Å². The zero-order valence-corrected chi connectivity index (χ0v) is 13.9. The highest BCUT2D eigenvalue weighted by molar-refractivity contribution is 7.12. The Labute approximate surface area is 127 Å². The number of hydrogen-bond donors (Lipinski definition) is 1. The van der Waals surface area contributed by atoms with Crippen LogP contribution in [0.15, 0.2) is 12.1 Å². The molecule has 114 valence electrons. The van der Waals surface area contributed by atoms with Crippen LogP contribution in [0.3, 0.4) is 0 Å². The van der Waals surface area contributed by atoms with Crippen molar-refractivity contribution in [2.24, 2.45) is 11.7 Å². The summed E-state index contributed by atoms with van der Waals surface area (Å²) in [6.45, 7) is 6.59. The van der Waals surface area contributed by atoms with Crippen LogP contribution < -0.4 is 5.73 Å². The first kappa shape index (κ1) is 16.0. The Morgan fingerprint density at radius 3 is 2.65 bits per heavy atom. The van der Waals surface area contributed by atoms with E-state index in [2.05, 4.69) is 32.9 Å². The average molecular weight is 295 g/mol. The molecule has 1 heterocycles. The lowest BCUT2D eigenvalue weighted by Crippen LogP contribution is -2.36. The van der Waals surface area contributed by atoms with Crippen molar-refractivity contribution in [1.29, 1.82) is 0 Å². The lowest BCUT2D eigenvalue weighted by molar-refractivity contribution is -0.0710. The zero-order valence-electron chi connectivity index (χ0n) is 13.1. The molecule has 1 aromatic heterocycles. The number of aryl methyl sites for hydroxylation is 1. The monoisotopic (exact) mass is 295 g/mol. The molecule has 1 aliphatic carbocycles. The van der Waals surface area contributed by atoms with E-state index in [1.807, 2.05) is 11.3 Å². The van der Waals surface area contributed by atoms with Gasteiger partial charge < -0.3 is 10.5 Å². The molecule has 0 saturated heterocycles. The normalized spacial score (nSPS) is 26.4. The number of rotatable bonds is 6. The summed E-state index contributed by atoms with van der Waals surface area (Å²) in [7, 11) is 0. The smallest absolute Gasteiger partial charge is 0.107 e. The Morgan fingerprint density at radius 1 is 1.30 bits per heavy atom. The predicted octanol–water partition coefficient (Wildman–Crippen LogP) is 4.82. The van der Waals surface area contributed by atoms with Gasteiger partial charge in [0.2, 0.25) is 0 Å². The van der Waals surface area contributed by atoms with Crippen molar-refractivity contribution in [3.63, 3.8) is 0 Å². The van der Waals surface area contributed by atoms with Gasteiger partial charge in [-0.05, 0) is 44.2 Å². The summed E-state index contributed by atoms with van der Waals surface area (Å²) in [4.78, 5) is 2.64. The quantitative estimate of drug-likeness (QED) is 0.816. The second-order valence-corrected chi connectivity index (χ2v) is 7.39. The molecule has 4 unspecified atom stereocenters. The van der Waals surface area contributed by atoms with Crippen LogP contribution in [0.1, 0.15) is 68.2 Å². The van der Waals surface area contributed by atoms with E-state index >= 15 is 0 Å². The number of hydrogen-bond acceptors (Lipinski definition) is 3. The minimum atomic E-state index is 0.0795. The van der Waals surface area contributed by atoms with Crippen molar-refractivity contribution in [2.75, 3.05) is 0 Å². The van der Waals surface area contributed by atoms with Crippen LogP contribution in [0.2, 0.25) is 0 Å². The Hall–Kier alpha value is -0.380. The van der Waals surface area contributed by atoms with Gasteiger partial charge in [-0.3, -0.25) is 0 Å². The van der Waals surface area contributed by atoms with Gasteiger partial charge >= 0.3 is 0 Å². The van der Waals surface area contributed by atoms with Gasteiger partial charge in [0.25, 0.3) is 0 Å². The number of thiophene rings is 1. The fourth-order valence-electron chi connectivity index (χ4n) is 3.21. The molecule has 2 rings (SSSR count). The van der Waals surface area contributed by atoms with Crippen molar-refractivity contribution in [2.45, 2.75) is 77.5 Å². The average Bonchev–Trinajstić information content (AvgIpc) is 2.90. The lowest BCUT2D eigenvalue weighted by Gasteiger charge is -2.35. The standard InChI is InChI=1S/C17H29NOS/c1-4-13-8-6-7-9-15(13)19-17(14(18)5-2)16-11-10-12(3)20-16/h10-11,13-15,17H,4-9,18H2,1-3H3. The van der Waals surface area contributed by atoms with Gasteiger partial charge in [0.15, 0.2) is 0 Å². The second-order valence-electron chi connectivity index (χ2n) is 6.07. The molecule has 4 atom stereocenters. The van der Waals surface area contributed by atoms with E-state index in [1.54, 1.807) is 0 Å². The third kappa shape index (κ3) is 3.84. The first-order valence-corrected chi connectivity index (χ1v) is 8.94. The SMILES string of the molecule is CCC(N)C(OC1CCCCC1CC)c1ccc(C)s1.